The van der Waals surface area contributed by atoms with Crippen molar-refractivity contribution in [3.05, 3.63) is 11.6 Å². The Bertz CT molecular complexity index is 306. The molecule has 0 atom stereocenters. The Morgan fingerprint density at radius 3 is 2.25 bits per heavy atom. The van der Waals surface area contributed by atoms with E-state index < -0.39 is 5.75 Å². The van der Waals surface area contributed by atoms with Crippen molar-refractivity contribution in [3.8, 4) is 23.0 Å². The highest BCUT2D eigenvalue weighted by Gasteiger charge is 2.14. The standard InChI is InChI=1S/C8H10O4/c1-4-3-5(9)8(12-2)7(11)6(4)10/h3,9-11H,1-2H3. The minimum Gasteiger partial charge on any atom is -0.504 e. The van der Waals surface area contributed by atoms with Gasteiger partial charge in [-0.3, -0.25) is 0 Å². The van der Waals surface area contributed by atoms with Crippen LogP contribution in [0.4, 0.5) is 0 Å². The van der Waals surface area contributed by atoms with Gasteiger partial charge in [-0.2, -0.15) is 0 Å². The van der Waals surface area contributed by atoms with Crippen molar-refractivity contribution >= 4 is 0 Å². The molecular weight excluding hydrogens is 160 g/mol. The molecule has 0 aliphatic carbocycles. The van der Waals surface area contributed by atoms with Crippen LogP contribution in [0.15, 0.2) is 6.07 Å². The number of benzene rings is 1. The first kappa shape index (κ1) is 8.52. The average molecular weight is 170 g/mol. The van der Waals surface area contributed by atoms with Crippen molar-refractivity contribution < 1.29 is 20.1 Å². The number of ether oxygens (including phenoxy) is 1. The molecule has 1 rings (SSSR count). The minimum atomic E-state index is -0.435. The van der Waals surface area contributed by atoms with Crippen LogP contribution in [0.5, 0.6) is 23.0 Å². The lowest BCUT2D eigenvalue weighted by atomic mass is 10.2. The second-order valence-electron chi connectivity index (χ2n) is 2.44. The molecule has 0 spiro atoms. The van der Waals surface area contributed by atoms with Gasteiger partial charge >= 0.3 is 0 Å². The zero-order valence-electron chi connectivity index (χ0n) is 6.83. The molecule has 0 aliphatic heterocycles. The SMILES string of the molecule is COc1c(O)cc(C)c(O)c1O. The van der Waals surface area contributed by atoms with Crippen LogP contribution in [0.25, 0.3) is 0 Å². The van der Waals surface area contributed by atoms with Crippen molar-refractivity contribution in [1.82, 2.24) is 0 Å². The van der Waals surface area contributed by atoms with Crippen LogP contribution in [0.3, 0.4) is 0 Å². The topological polar surface area (TPSA) is 69.9 Å². The highest BCUT2D eigenvalue weighted by Crippen LogP contribution is 2.43. The van der Waals surface area contributed by atoms with Gasteiger partial charge in [0.25, 0.3) is 0 Å². The van der Waals surface area contributed by atoms with Crippen molar-refractivity contribution in [2.45, 2.75) is 6.92 Å². The van der Waals surface area contributed by atoms with Gasteiger partial charge in [0, 0.05) is 0 Å². The molecule has 0 amide bonds. The summed E-state index contributed by atoms with van der Waals surface area (Å²) in [6, 6.07) is 1.31. The third kappa shape index (κ3) is 1.11. The van der Waals surface area contributed by atoms with Crippen molar-refractivity contribution in [2.24, 2.45) is 0 Å². The number of hydrogen-bond donors (Lipinski definition) is 3. The fraction of sp³-hybridized carbons (Fsp3) is 0.250. The summed E-state index contributed by atoms with van der Waals surface area (Å²) in [6.07, 6.45) is 0. The van der Waals surface area contributed by atoms with Crippen LogP contribution in [0.2, 0.25) is 0 Å². The first-order valence-electron chi connectivity index (χ1n) is 3.36. The maximum absolute atomic E-state index is 9.22. The molecule has 0 saturated heterocycles. The van der Waals surface area contributed by atoms with Crippen LogP contribution in [-0.2, 0) is 0 Å². The molecule has 0 radical (unpaired) electrons. The maximum atomic E-state index is 9.22. The van der Waals surface area contributed by atoms with E-state index in [9.17, 15) is 15.3 Å². The molecule has 0 bridgehead atoms. The average Bonchev–Trinajstić information content (AvgIpc) is 2.01. The van der Waals surface area contributed by atoms with Crippen molar-refractivity contribution in [3.63, 3.8) is 0 Å². The van der Waals surface area contributed by atoms with Gasteiger partial charge in [-0.1, -0.05) is 0 Å². The lowest BCUT2D eigenvalue weighted by Crippen LogP contribution is -1.86. The fourth-order valence-corrected chi connectivity index (χ4v) is 0.956. The van der Waals surface area contributed by atoms with Gasteiger partial charge in [-0.05, 0) is 18.6 Å². The minimum absolute atomic E-state index is 0.113. The largest absolute Gasteiger partial charge is 0.504 e. The Kier molecular flexibility index (Phi) is 1.99. The number of methoxy groups -OCH3 is 1. The van der Waals surface area contributed by atoms with Crippen LogP contribution in [0.1, 0.15) is 5.56 Å². The Labute approximate surface area is 69.7 Å². The molecule has 0 aliphatic rings. The van der Waals surface area contributed by atoms with E-state index in [0.29, 0.717) is 5.56 Å². The normalized spacial score (nSPS) is 9.83. The molecule has 1 aromatic carbocycles. The molecule has 66 valence electrons. The van der Waals surface area contributed by atoms with Gasteiger partial charge in [0.05, 0.1) is 7.11 Å². The first-order valence-corrected chi connectivity index (χ1v) is 3.36. The fourth-order valence-electron chi connectivity index (χ4n) is 0.956. The number of phenolic OH excluding ortho intramolecular Hbond substituents is 3. The summed E-state index contributed by atoms with van der Waals surface area (Å²) in [5.41, 5.74) is 0.394. The molecular formula is C8H10O4. The van der Waals surface area contributed by atoms with Crippen LogP contribution < -0.4 is 4.74 Å². The number of aryl methyl sites for hydroxylation is 1. The lowest BCUT2D eigenvalue weighted by Gasteiger charge is -2.08. The molecule has 4 nitrogen and oxygen atoms in total. The summed E-state index contributed by atoms with van der Waals surface area (Å²) in [5.74, 6) is -1.01. The van der Waals surface area contributed by atoms with Gasteiger partial charge in [0.15, 0.2) is 11.5 Å². The number of phenols is 3. The number of aromatic hydroxyl groups is 3. The highest BCUT2D eigenvalue weighted by atomic mass is 16.5. The van der Waals surface area contributed by atoms with Crippen LogP contribution >= 0.6 is 0 Å². The predicted octanol–water partition coefficient (Wildman–Crippen LogP) is 1.12. The predicted molar refractivity (Wildman–Crippen MR) is 42.7 cm³/mol. The zero-order chi connectivity index (χ0) is 9.30. The third-order valence-electron chi connectivity index (χ3n) is 1.60. The van der Waals surface area contributed by atoms with E-state index in [4.69, 9.17) is 0 Å². The highest BCUT2D eigenvalue weighted by molar-refractivity contribution is 5.60. The molecule has 0 fully saturated rings. The third-order valence-corrected chi connectivity index (χ3v) is 1.60. The Hall–Kier alpha value is -1.58. The lowest BCUT2D eigenvalue weighted by molar-refractivity contribution is 0.328. The van der Waals surface area contributed by atoms with E-state index in [1.165, 1.54) is 13.2 Å². The molecule has 12 heavy (non-hydrogen) atoms. The van der Waals surface area contributed by atoms with Gasteiger partial charge in [-0.25, -0.2) is 0 Å². The van der Waals surface area contributed by atoms with Crippen LogP contribution in [-0.4, -0.2) is 22.4 Å². The van der Waals surface area contributed by atoms with E-state index in [1.807, 2.05) is 0 Å². The van der Waals surface area contributed by atoms with E-state index in [-0.39, 0.29) is 17.2 Å². The maximum Gasteiger partial charge on any atom is 0.206 e. The molecule has 4 heteroatoms. The summed E-state index contributed by atoms with van der Waals surface area (Å²) in [6.45, 7) is 1.56. The van der Waals surface area contributed by atoms with Gasteiger partial charge < -0.3 is 20.1 Å². The number of rotatable bonds is 1. The molecule has 1 aromatic rings. The van der Waals surface area contributed by atoms with E-state index >= 15 is 0 Å². The van der Waals surface area contributed by atoms with Gasteiger partial charge in [0.1, 0.15) is 0 Å². The summed E-state index contributed by atoms with van der Waals surface area (Å²) in [7, 11) is 1.30. The first-order chi connectivity index (χ1) is 5.57. The van der Waals surface area contributed by atoms with Crippen LogP contribution in [0, 0.1) is 6.92 Å². The Morgan fingerprint density at radius 2 is 1.75 bits per heavy atom. The summed E-state index contributed by atoms with van der Waals surface area (Å²) in [5, 5.41) is 27.6. The summed E-state index contributed by atoms with van der Waals surface area (Å²) >= 11 is 0. The second-order valence-corrected chi connectivity index (χ2v) is 2.44. The molecule has 0 heterocycles. The quantitative estimate of drug-likeness (QED) is 0.436. The Balaban J connectivity index is 3.40. The van der Waals surface area contributed by atoms with E-state index in [2.05, 4.69) is 4.74 Å². The van der Waals surface area contributed by atoms with Gasteiger partial charge in [-0.15, -0.1) is 0 Å². The molecule has 0 aromatic heterocycles. The summed E-state index contributed by atoms with van der Waals surface area (Å²) in [4.78, 5) is 0. The molecule has 0 saturated carbocycles. The van der Waals surface area contributed by atoms with Gasteiger partial charge in [0.2, 0.25) is 11.5 Å². The van der Waals surface area contributed by atoms with Crippen molar-refractivity contribution in [1.29, 1.82) is 0 Å². The molecule has 3 N–H and O–H groups in total. The smallest absolute Gasteiger partial charge is 0.206 e. The van der Waals surface area contributed by atoms with E-state index in [0.717, 1.165) is 0 Å². The summed E-state index contributed by atoms with van der Waals surface area (Å²) < 4.78 is 4.65. The monoisotopic (exact) mass is 170 g/mol. The Morgan fingerprint density at radius 1 is 1.17 bits per heavy atom. The van der Waals surface area contributed by atoms with Crippen molar-refractivity contribution in [2.75, 3.05) is 7.11 Å². The second kappa shape index (κ2) is 2.81. The zero-order valence-corrected chi connectivity index (χ0v) is 6.83. The molecule has 0 unspecified atom stereocenters. The van der Waals surface area contributed by atoms with E-state index in [1.54, 1.807) is 6.92 Å². The number of hydrogen-bond acceptors (Lipinski definition) is 4.